The summed E-state index contributed by atoms with van der Waals surface area (Å²) in [5, 5.41) is 3.37. The van der Waals surface area contributed by atoms with Gasteiger partial charge in [0.05, 0.1) is 34.4 Å². The van der Waals surface area contributed by atoms with Gasteiger partial charge in [0.1, 0.15) is 5.69 Å². The highest BCUT2D eigenvalue weighted by molar-refractivity contribution is 7.92. The molecule has 0 bridgehead atoms. The first-order chi connectivity index (χ1) is 16.6. The molecule has 2 aromatic carbocycles. The SMILES string of the molecule is CCN(CC)c1ccc2nc3c4c(NS(C)(=O)=O)cccc4c(=O)c(NC(C)=O)c-3n(CC)c2c1. The Morgan fingerprint density at radius 2 is 1.83 bits per heavy atom. The lowest BCUT2D eigenvalue weighted by Gasteiger charge is -2.25. The molecule has 0 saturated carbocycles. The van der Waals surface area contributed by atoms with E-state index in [4.69, 9.17) is 4.98 Å². The van der Waals surface area contributed by atoms with Gasteiger partial charge in [-0.2, -0.15) is 0 Å². The van der Waals surface area contributed by atoms with E-state index in [1.54, 1.807) is 18.2 Å². The lowest BCUT2D eigenvalue weighted by Crippen LogP contribution is -2.23. The number of nitrogens with one attached hydrogen (secondary N) is 2. The molecule has 2 N–H and O–H groups in total. The van der Waals surface area contributed by atoms with Crippen molar-refractivity contribution in [2.75, 3.05) is 34.3 Å². The second-order valence-electron chi connectivity index (χ2n) is 8.39. The number of fused-ring (bicyclic) bond motifs is 4. The van der Waals surface area contributed by atoms with Gasteiger partial charge in [0, 0.05) is 43.0 Å². The molecule has 1 amide bonds. The maximum Gasteiger partial charge on any atom is 0.229 e. The number of aryl methyl sites for hydroxylation is 1. The van der Waals surface area contributed by atoms with Gasteiger partial charge in [-0.1, -0.05) is 12.1 Å². The van der Waals surface area contributed by atoms with E-state index in [0.717, 1.165) is 30.5 Å². The molecule has 1 aliphatic carbocycles. The third-order valence-electron chi connectivity index (χ3n) is 6.03. The van der Waals surface area contributed by atoms with Gasteiger partial charge < -0.3 is 14.8 Å². The molecule has 0 unspecified atom stereocenters. The quantitative estimate of drug-likeness (QED) is 0.297. The van der Waals surface area contributed by atoms with Crippen LogP contribution in [0.15, 0.2) is 41.2 Å². The first kappa shape index (κ1) is 24.5. The van der Waals surface area contributed by atoms with E-state index < -0.39 is 15.5 Å². The highest BCUT2D eigenvalue weighted by Gasteiger charge is 2.26. The normalized spacial score (nSPS) is 11.8. The number of carbonyl (C=O) groups excluding carboxylic acids is 1. The molecule has 0 saturated heterocycles. The Kier molecular flexibility index (Phi) is 6.42. The van der Waals surface area contributed by atoms with Crippen LogP contribution in [0.4, 0.5) is 17.1 Å². The number of aromatic nitrogens is 2. The molecule has 1 heterocycles. The second kappa shape index (κ2) is 9.18. The number of hydrogen-bond donors (Lipinski definition) is 2. The van der Waals surface area contributed by atoms with Gasteiger partial charge in [0.2, 0.25) is 21.4 Å². The summed E-state index contributed by atoms with van der Waals surface area (Å²) in [6.45, 7) is 9.64. The highest BCUT2D eigenvalue weighted by atomic mass is 32.2. The average molecular weight is 496 g/mol. The predicted molar refractivity (Wildman–Crippen MR) is 142 cm³/mol. The zero-order valence-electron chi connectivity index (χ0n) is 20.5. The van der Waals surface area contributed by atoms with Crippen molar-refractivity contribution in [3.05, 3.63) is 46.6 Å². The van der Waals surface area contributed by atoms with E-state index in [1.807, 2.05) is 29.7 Å². The molecular weight excluding hydrogens is 466 g/mol. The molecule has 0 fully saturated rings. The molecule has 4 rings (SSSR count). The molecule has 2 aromatic rings. The minimum absolute atomic E-state index is 0.126. The molecule has 0 atom stereocenters. The summed E-state index contributed by atoms with van der Waals surface area (Å²) in [6, 6.07) is 10.8. The van der Waals surface area contributed by atoms with Crippen molar-refractivity contribution in [1.82, 2.24) is 9.55 Å². The molecule has 0 radical (unpaired) electrons. The van der Waals surface area contributed by atoms with Crippen molar-refractivity contribution in [1.29, 1.82) is 0 Å². The Bertz CT molecular complexity index is 1590. The highest BCUT2D eigenvalue weighted by Crippen LogP contribution is 2.39. The van der Waals surface area contributed by atoms with E-state index in [-0.39, 0.29) is 22.7 Å². The fourth-order valence-corrected chi connectivity index (χ4v) is 5.17. The molecule has 1 aliphatic heterocycles. The van der Waals surface area contributed by atoms with E-state index in [2.05, 4.69) is 28.8 Å². The van der Waals surface area contributed by atoms with E-state index in [1.165, 1.54) is 6.92 Å². The number of nitrogens with zero attached hydrogens (tertiary/aromatic N) is 3. The Hall–Kier alpha value is -3.66. The zero-order chi connectivity index (χ0) is 25.5. The Morgan fingerprint density at radius 1 is 1.11 bits per heavy atom. The van der Waals surface area contributed by atoms with Gasteiger partial charge in [0.25, 0.3) is 0 Å². The van der Waals surface area contributed by atoms with Crippen LogP contribution in [0.1, 0.15) is 27.7 Å². The molecule has 9 nitrogen and oxygen atoms in total. The third kappa shape index (κ3) is 4.41. The van der Waals surface area contributed by atoms with Crippen molar-refractivity contribution in [2.45, 2.75) is 34.2 Å². The first-order valence-electron chi connectivity index (χ1n) is 11.5. The second-order valence-corrected chi connectivity index (χ2v) is 10.1. The van der Waals surface area contributed by atoms with Crippen LogP contribution in [-0.4, -0.2) is 43.2 Å². The van der Waals surface area contributed by atoms with Crippen LogP contribution in [0.5, 0.6) is 0 Å². The number of rotatable bonds is 7. The maximum atomic E-state index is 13.6. The van der Waals surface area contributed by atoms with Crippen LogP contribution in [-0.2, 0) is 21.4 Å². The number of carbonyl (C=O) groups is 1. The smallest absolute Gasteiger partial charge is 0.229 e. The molecule has 35 heavy (non-hydrogen) atoms. The van der Waals surface area contributed by atoms with Crippen molar-refractivity contribution < 1.29 is 13.2 Å². The van der Waals surface area contributed by atoms with Crippen molar-refractivity contribution in [2.24, 2.45) is 0 Å². The van der Waals surface area contributed by atoms with Gasteiger partial charge >= 0.3 is 0 Å². The van der Waals surface area contributed by atoms with Gasteiger partial charge in [-0.05, 0) is 45.0 Å². The van der Waals surface area contributed by atoms with Crippen molar-refractivity contribution in [3.63, 3.8) is 0 Å². The molecule has 0 aromatic heterocycles. The maximum absolute atomic E-state index is 13.6. The molecule has 2 aliphatic rings. The van der Waals surface area contributed by atoms with Crippen LogP contribution >= 0.6 is 0 Å². The summed E-state index contributed by atoms with van der Waals surface area (Å²) < 4.78 is 28.7. The van der Waals surface area contributed by atoms with Gasteiger partial charge in [-0.15, -0.1) is 0 Å². The van der Waals surface area contributed by atoms with E-state index in [0.29, 0.717) is 28.8 Å². The minimum Gasteiger partial charge on any atom is -0.372 e. The van der Waals surface area contributed by atoms with Crippen LogP contribution in [0, 0.1) is 0 Å². The monoisotopic (exact) mass is 495 g/mol. The summed E-state index contributed by atoms with van der Waals surface area (Å²) in [5.41, 5.74) is 3.39. The van der Waals surface area contributed by atoms with Crippen LogP contribution in [0.3, 0.4) is 0 Å². The molecule has 0 spiro atoms. The largest absolute Gasteiger partial charge is 0.372 e. The van der Waals surface area contributed by atoms with Crippen LogP contribution in [0.2, 0.25) is 0 Å². The van der Waals surface area contributed by atoms with Gasteiger partial charge in [-0.3, -0.25) is 14.3 Å². The number of hydrogen-bond acceptors (Lipinski definition) is 6. The van der Waals surface area contributed by atoms with Gasteiger partial charge in [-0.25, -0.2) is 13.4 Å². The Labute approximate surface area is 204 Å². The summed E-state index contributed by atoms with van der Waals surface area (Å²) in [5.74, 6) is -0.382. The predicted octanol–water partition coefficient (Wildman–Crippen LogP) is 3.85. The summed E-state index contributed by atoms with van der Waals surface area (Å²) in [4.78, 5) is 32.8. The summed E-state index contributed by atoms with van der Waals surface area (Å²) in [7, 11) is -3.62. The fourth-order valence-electron chi connectivity index (χ4n) is 4.60. The lowest BCUT2D eigenvalue weighted by molar-refractivity contribution is -0.114. The van der Waals surface area contributed by atoms with Gasteiger partial charge in [0.15, 0.2) is 0 Å². The standard InChI is InChI=1S/C25H29N5O4S/c1-6-29(7-2)16-12-13-18-20(14-16)30(8-3)24-22(27-18)21-17(25(32)23(24)26-15(4)31)10-9-11-19(21)28-35(5,33)34/h9-14,28H,6-8H2,1-5H3,(H,26,31). The topological polar surface area (TPSA) is 113 Å². The van der Waals surface area contributed by atoms with Crippen molar-refractivity contribution in [3.8, 4) is 11.4 Å². The Morgan fingerprint density at radius 3 is 2.43 bits per heavy atom. The number of anilines is 3. The fraction of sp³-hybridized carbons (Fsp3) is 0.320. The molecule has 184 valence electrons. The summed E-state index contributed by atoms with van der Waals surface area (Å²) >= 11 is 0. The number of sulfonamides is 1. The lowest BCUT2D eigenvalue weighted by atomic mass is 9.99. The van der Waals surface area contributed by atoms with E-state index in [9.17, 15) is 18.0 Å². The zero-order valence-corrected chi connectivity index (χ0v) is 21.3. The van der Waals surface area contributed by atoms with Crippen LogP contribution < -0.4 is 20.4 Å². The molecular formula is C25H29N5O4S. The van der Waals surface area contributed by atoms with E-state index >= 15 is 0 Å². The van der Waals surface area contributed by atoms with Crippen LogP contribution in [0.25, 0.3) is 33.2 Å². The minimum atomic E-state index is -3.62. The first-order valence-corrected chi connectivity index (χ1v) is 13.4. The Balaban J connectivity index is 2.23. The summed E-state index contributed by atoms with van der Waals surface area (Å²) in [6.07, 6.45) is 1.06. The molecule has 10 heteroatoms. The number of benzene rings is 3. The third-order valence-corrected chi connectivity index (χ3v) is 6.62. The average Bonchev–Trinajstić information content (AvgIpc) is 2.80. The number of amides is 1. The van der Waals surface area contributed by atoms with Crippen molar-refractivity contribution >= 4 is 54.8 Å².